The fourth-order valence-electron chi connectivity index (χ4n) is 1.36. The molecule has 0 bridgehead atoms. The van der Waals surface area contributed by atoms with E-state index in [-0.39, 0.29) is 9.92 Å². The first-order chi connectivity index (χ1) is 8.40. The van der Waals surface area contributed by atoms with Crippen LogP contribution in [-0.4, -0.2) is 14.5 Å². The van der Waals surface area contributed by atoms with Crippen LogP contribution in [0.3, 0.4) is 0 Å². The summed E-state index contributed by atoms with van der Waals surface area (Å²) in [6.45, 7) is 1.93. The quantitative estimate of drug-likeness (QED) is 0.850. The average molecular weight is 306 g/mol. The lowest BCUT2D eigenvalue weighted by molar-refractivity contribution is 0.564. The van der Waals surface area contributed by atoms with Gasteiger partial charge in [-0.3, -0.25) is 0 Å². The van der Waals surface area contributed by atoms with Gasteiger partial charge in [0.2, 0.25) is 10.0 Å². The Hall–Kier alpha value is -0.730. The topological polar surface area (TPSA) is 46.2 Å². The lowest BCUT2D eigenvalue weighted by Gasteiger charge is -2.12. The molecule has 0 aromatic heterocycles. The van der Waals surface area contributed by atoms with Gasteiger partial charge in [-0.15, -0.1) is 6.42 Å². The van der Waals surface area contributed by atoms with Crippen molar-refractivity contribution in [2.45, 2.75) is 30.7 Å². The second kappa shape index (κ2) is 6.44. The minimum absolute atomic E-state index is 0.0493. The molecule has 1 rings (SSSR count). The van der Waals surface area contributed by atoms with Gasteiger partial charge in [-0.1, -0.05) is 42.5 Å². The molecule has 0 aliphatic heterocycles. The molecule has 0 radical (unpaired) electrons. The summed E-state index contributed by atoms with van der Waals surface area (Å²) in [4.78, 5) is 0.0493. The number of halogens is 2. The van der Waals surface area contributed by atoms with Gasteiger partial charge < -0.3 is 0 Å². The van der Waals surface area contributed by atoms with Crippen LogP contribution < -0.4 is 4.72 Å². The summed E-state index contributed by atoms with van der Waals surface area (Å²) >= 11 is 11.5. The second-order valence-electron chi connectivity index (χ2n) is 3.71. The summed E-state index contributed by atoms with van der Waals surface area (Å²) in [5.74, 6) is 2.41. The van der Waals surface area contributed by atoms with Crippen molar-refractivity contribution in [3.8, 4) is 12.3 Å². The Morgan fingerprint density at radius 1 is 1.39 bits per heavy atom. The first-order valence-electron chi connectivity index (χ1n) is 5.34. The zero-order valence-corrected chi connectivity index (χ0v) is 12.1. The van der Waals surface area contributed by atoms with Crippen molar-refractivity contribution in [3.63, 3.8) is 0 Å². The molecule has 0 saturated heterocycles. The number of sulfonamides is 1. The van der Waals surface area contributed by atoms with E-state index in [0.717, 1.165) is 6.42 Å². The highest BCUT2D eigenvalue weighted by molar-refractivity contribution is 7.89. The van der Waals surface area contributed by atoms with Crippen molar-refractivity contribution >= 4 is 33.2 Å². The van der Waals surface area contributed by atoms with Crippen molar-refractivity contribution in [2.24, 2.45) is 0 Å². The smallest absolute Gasteiger partial charge is 0.207 e. The van der Waals surface area contributed by atoms with Gasteiger partial charge in [0.25, 0.3) is 0 Å². The number of rotatable bonds is 5. The van der Waals surface area contributed by atoms with Crippen LogP contribution >= 0.6 is 23.2 Å². The third-order valence-electron chi connectivity index (χ3n) is 2.28. The summed E-state index contributed by atoms with van der Waals surface area (Å²) in [5, 5.41) is 0.491. The molecular formula is C12H13Cl2NO2S. The van der Waals surface area contributed by atoms with Gasteiger partial charge >= 0.3 is 0 Å². The van der Waals surface area contributed by atoms with Gasteiger partial charge in [0.05, 0.1) is 21.0 Å². The molecule has 1 N–H and O–H groups in total. The van der Waals surface area contributed by atoms with Gasteiger partial charge in [0, 0.05) is 0 Å². The van der Waals surface area contributed by atoms with Crippen molar-refractivity contribution in [3.05, 3.63) is 28.2 Å². The molecule has 3 nitrogen and oxygen atoms in total. The standard InChI is InChI=1S/C12H13Cl2NO2S/c1-3-5-9(4-2)15-18(16,17)10-6-7-11(13)12(14)8-10/h2,6-9,15H,3,5H2,1H3. The van der Waals surface area contributed by atoms with E-state index in [0.29, 0.717) is 11.4 Å². The third-order valence-corrected chi connectivity index (χ3v) is 4.49. The largest absolute Gasteiger partial charge is 0.241 e. The number of benzene rings is 1. The number of hydrogen-bond donors (Lipinski definition) is 1. The summed E-state index contributed by atoms with van der Waals surface area (Å²) in [6, 6.07) is 3.60. The molecule has 0 fully saturated rings. The van der Waals surface area contributed by atoms with E-state index < -0.39 is 16.1 Å². The molecule has 1 unspecified atom stereocenters. The van der Waals surface area contributed by atoms with Gasteiger partial charge in [-0.05, 0) is 24.6 Å². The Balaban J connectivity index is 2.99. The zero-order valence-electron chi connectivity index (χ0n) is 9.78. The lowest BCUT2D eigenvalue weighted by atomic mass is 10.2. The van der Waals surface area contributed by atoms with Crippen LogP contribution in [0.25, 0.3) is 0 Å². The summed E-state index contributed by atoms with van der Waals surface area (Å²) in [7, 11) is -3.67. The Kier molecular flexibility index (Phi) is 5.48. The summed E-state index contributed by atoms with van der Waals surface area (Å²) < 4.78 is 26.5. The molecule has 1 aromatic rings. The summed E-state index contributed by atoms with van der Waals surface area (Å²) in [6.07, 6.45) is 6.64. The molecule has 1 atom stereocenters. The minimum atomic E-state index is -3.67. The SMILES string of the molecule is C#CC(CCC)NS(=O)(=O)c1ccc(Cl)c(Cl)c1. The Labute approximate surface area is 118 Å². The Morgan fingerprint density at radius 3 is 2.56 bits per heavy atom. The van der Waals surface area contributed by atoms with Crippen molar-refractivity contribution in [1.82, 2.24) is 4.72 Å². The Bertz CT molecular complexity index is 564. The van der Waals surface area contributed by atoms with E-state index in [4.69, 9.17) is 29.6 Å². The first kappa shape index (κ1) is 15.3. The van der Waals surface area contributed by atoms with Crippen LogP contribution in [0.2, 0.25) is 10.0 Å². The average Bonchev–Trinajstić information content (AvgIpc) is 2.31. The van der Waals surface area contributed by atoms with E-state index in [9.17, 15) is 8.42 Å². The van der Waals surface area contributed by atoms with Gasteiger partial charge in [-0.2, -0.15) is 4.72 Å². The van der Waals surface area contributed by atoms with Crippen LogP contribution in [0, 0.1) is 12.3 Å². The highest BCUT2D eigenvalue weighted by Gasteiger charge is 2.19. The number of terminal acetylenes is 1. The number of hydrogen-bond acceptors (Lipinski definition) is 2. The molecule has 0 spiro atoms. The van der Waals surface area contributed by atoms with E-state index in [1.807, 2.05) is 6.92 Å². The number of nitrogens with one attached hydrogen (secondary N) is 1. The van der Waals surface area contributed by atoms with Crippen LogP contribution in [0.1, 0.15) is 19.8 Å². The van der Waals surface area contributed by atoms with Crippen LogP contribution in [0.15, 0.2) is 23.1 Å². The van der Waals surface area contributed by atoms with Gasteiger partial charge in [0.15, 0.2) is 0 Å². The van der Waals surface area contributed by atoms with Crippen molar-refractivity contribution in [2.75, 3.05) is 0 Å². The van der Waals surface area contributed by atoms with E-state index in [1.54, 1.807) is 0 Å². The zero-order chi connectivity index (χ0) is 13.8. The molecule has 0 saturated carbocycles. The maximum Gasteiger partial charge on any atom is 0.241 e. The van der Waals surface area contributed by atoms with Crippen LogP contribution in [0.5, 0.6) is 0 Å². The molecular weight excluding hydrogens is 293 g/mol. The molecule has 18 heavy (non-hydrogen) atoms. The molecule has 6 heteroatoms. The molecule has 1 aromatic carbocycles. The fourth-order valence-corrected chi connectivity index (χ4v) is 2.94. The van der Waals surface area contributed by atoms with Crippen molar-refractivity contribution in [1.29, 1.82) is 0 Å². The molecule has 0 aliphatic rings. The third kappa shape index (κ3) is 3.89. The van der Waals surface area contributed by atoms with E-state index in [2.05, 4.69) is 10.6 Å². The van der Waals surface area contributed by atoms with E-state index in [1.165, 1.54) is 18.2 Å². The van der Waals surface area contributed by atoms with E-state index >= 15 is 0 Å². The second-order valence-corrected chi connectivity index (χ2v) is 6.23. The maximum absolute atomic E-state index is 12.0. The summed E-state index contributed by atoms with van der Waals surface area (Å²) in [5.41, 5.74) is 0. The predicted molar refractivity (Wildman–Crippen MR) is 74.3 cm³/mol. The van der Waals surface area contributed by atoms with Crippen LogP contribution in [-0.2, 0) is 10.0 Å². The first-order valence-corrected chi connectivity index (χ1v) is 7.58. The van der Waals surface area contributed by atoms with Gasteiger partial charge in [0.1, 0.15) is 0 Å². The molecule has 98 valence electrons. The highest BCUT2D eigenvalue weighted by atomic mass is 35.5. The van der Waals surface area contributed by atoms with Gasteiger partial charge in [-0.25, -0.2) is 8.42 Å². The lowest BCUT2D eigenvalue weighted by Crippen LogP contribution is -2.33. The van der Waals surface area contributed by atoms with Crippen molar-refractivity contribution < 1.29 is 8.42 Å². The normalized spacial score (nSPS) is 13.0. The minimum Gasteiger partial charge on any atom is -0.207 e. The highest BCUT2D eigenvalue weighted by Crippen LogP contribution is 2.24. The molecule has 0 amide bonds. The predicted octanol–water partition coefficient (Wildman–Crippen LogP) is 3.07. The maximum atomic E-state index is 12.0. The fraction of sp³-hybridized carbons (Fsp3) is 0.333. The molecule has 0 aliphatic carbocycles. The monoisotopic (exact) mass is 305 g/mol. The molecule has 0 heterocycles. The Morgan fingerprint density at radius 2 is 2.06 bits per heavy atom. The van der Waals surface area contributed by atoms with Crippen LogP contribution in [0.4, 0.5) is 0 Å².